The summed E-state index contributed by atoms with van der Waals surface area (Å²) in [6, 6.07) is 9.55. The van der Waals surface area contributed by atoms with E-state index in [9.17, 15) is 0 Å². The van der Waals surface area contributed by atoms with Crippen LogP contribution in [0.25, 0.3) is 10.9 Å². The number of aromatic nitrogens is 1. The highest BCUT2D eigenvalue weighted by Gasteiger charge is 2.01. The predicted molar refractivity (Wildman–Crippen MR) is 57.5 cm³/mol. The van der Waals surface area contributed by atoms with Crippen molar-refractivity contribution in [2.45, 2.75) is 6.42 Å². The molecule has 0 radical (unpaired) electrons. The first-order valence-electron chi connectivity index (χ1n) is 4.46. The Balaban J connectivity index is 2.62. The molecular formula is C11H10ClNO. The summed E-state index contributed by atoms with van der Waals surface area (Å²) in [4.78, 5) is 4.20. The number of hydrogen-bond donors (Lipinski definition) is 1. The zero-order valence-corrected chi connectivity index (χ0v) is 8.33. The van der Waals surface area contributed by atoms with E-state index >= 15 is 0 Å². The summed E-state index contributed by atoms with van der Waals surface area (Å²) in [5.41, 5.74) is 1.98. The zero-order chi connectivity index (χ0) is 9.97. The second kappa shape index (κ2) is 3.95. The maximum atomic E-state index is 8.89. The molecule has 0 fully saturated rings. The second-order valence-electron chi connectivity index (χ2n) is 3.09. The first-order valence-corrected chi connectivity index (χ1v) is 4.84. The lowest BCUT2D eigenvalue weighted by Gasteiger charge is -2.03. The lowest BCUT2D eigenvalue weighted by atomic mass is 10.1. The quantitative estimate of drug-likeness (QED) is 0.768. The number of rotatable bonds is 2. The normalized spacial score (nSPS) is 10.7. The minimum absolute atomic E-state index is 0.155. The monoisotopic (exact) mass is 207 g/mol. The third kappa shape index (κ3) is 1.72. The van der Waals surface area contributed by atoms with Gasteiger partial charge in [0.25, 0.3) is 0 Å². The van der Waals surface area contributed by atoms with Gasteiger partial charge in [-0.05, 0) is 30.2 Å². The first kappa shape index (κ1) is 9.44. The van der Waals surface area contributed by atoms with Crippen LogP contribution in [0.2, 0.25) is 5.15 Å². The van der Waals surface area contributed by atoms with Crippen LogP contribution in [0.1, 0.15) is 5.56 Å². The average molecular weight is 208 g/mol. The molecule has 0 spiro atoms. The Hall–Kier alpha value is -1.12. The fourth-order valence-corrected chi connectivity index (χ4v) is 1.69. The second-order valence-corrected chi connectivity index (χ2v) is 3.48. The van der Waals surface area contributed by atoms with Gasteiger partial charge in [-0.25, -0.2) is 4.98 Å². The maximum absolute atomic E-state index is 8.89. The van der Waals surface area contributed by atoms with Crippen molar-refractivity contribution in [1.82, 2.24) is 4.98 Å². The number of pyridine rings is 1. The van der Waals surface area contributed by atoms with E-state index in [0.717, 1.165) is 16.5 Å². The number of aliphatic hydroxyl groups is 1. The van der Waals surface area contributed by atoms with Gasteiger partial charge in [0.1, 0.15) is 5.15 Å². The number of benzene rings is 1. The molecule has 1 aromatic heterocycles. The van der Waals surface area contributed by atoms with Gasteiger partial charge < -0.3 is 5.11 Å². The Kier molecular flexibility index (Phi) is 2.66. The largest absolute Gasteiger partial charge is 0.396 e. The van der Waals surface area contributed by atoms with Gasteiger partial charge >= 0.3 is 0 Å². The molecule has 0 saturated carbocycles. The van der Waals surface area contributed by atoms with Crippen LogP contribution in [-0.4, -0.2) is 16.7 Å². The highest BCUT2D eigenvalue weighted by molar-refractivity contribution is 6.29. The number of aliphatic hydroxyl groups excluding tert-OH is 1. The molecular weight excluding hydrogens is 198 g/mol. The van der Waals surface area contributed by atoms with E-state index in [1.54, 1.807) is 6.07 Å². The Bertz CT molecular complexity index is 456. The fourth-order valence-electron chi connectivity index (χ4n) is 1.53. The molecule has 0 amide bonds. The van der Waals surface area contributed by atoms with Crippen LogP contribution in [-0.2, 0) is 6.42 Å². The Morgan fingerprint density at radius 3 is 2.86 bits per heavy atom. The van der Waals surface area contributed by atoms with Crippen LogP contribution < -0.4 is 0 Å². The van der Waals surface area contributed by atoms with Crippen LogP contribution in [0.5, 0.6) is 0 Å². The van der Waals surface area contributed by atoms with E-state index in [0.29, 0.717) is 11.6 Å². The van der Waals surface area contributed by atoms with Crippen LogP contribution in [0, 0.1) is 0 Å². The molecule has 2 rings (SSSR count). The van der Waals surface area contributed by atoms with E-state index in [1.807, 2.05) is 24.3 Å². The topological polar surface area (TPSA) is 33.1 Å². The van der Waals surface area contributed by atoms with Crippen molar-refractivity contribution < 1.29 is 5.11 Å². The van der Waals surface area contributed by atoms with Gasteiger partial charge in [-0.3, -0.25) is 0 Å². The van der Waals surface area contributed by atoms with Crippen LogP contribution >= 0.6 is 11.6 Å². The zero-order valence-electron chi connectivity index (χ0n) is 7.57. The Morgan fingerprint density at radius 1 is 1.21 bits per heavy atom. The third-order valence-electron chi connectivity index (χ3n) is 2.17. The summed E-state index contributed by atoms with van der Waals surface area (Å²) >= 11 is 5.79. The number of nitrogens with zero attached hydrogens (tertiary/aromatic N) is 1. The first-order chi connectivity index (χ1) is 6.81. The minimum Gasteiger partial charge on any atom is -0.396 e. The summed E-state index contributed by atoms with van der Waals surface area (Å²) in [6.45, 7) is 0.155. The molecule has 0 unspecified atom stereocenters. The number of hydrogen-bond acceptors (Lipinski definition) is 2. The molecule has 0 bridgehead atoms. The van der Waals surface area contributed by atoms with Gasteiger partial charge in [0.2, 0.25) is 0 Å². The van der Waals surface area contributed by atoms with E-state index in [2.05, 4.69) is 4.98 Å². The van der Waals surface area contributed by atoms with Crippen molar-refractivity contribution in [1.29, 1.82) is 0 Å². The van der Waals surface area contributed by atoms with E-state index in [-0.39, 0.29) is 6.61 Å². The van der Waals surface area contributed by atoms with Crippen LogP contribution in [0.15, 0.2) is 30.3 Å². The third-order valence-corrected chi connectivity index (χ3v) is 2.38. The molecule has 2 aromatic rings. The summed E-state index contributed by atoms with van der Waals surface area (Å²) in [5.74, 6) is 0. The number of fused-ring (bicyclic) bond motifs is 1. The maximum Gasteiger partial charge on any atom is 0.129 e. The molecule has 0 aliphatic carbocycles. The van der Waals surface area contributed by atoms with Gasteiger partial charge in [-0.15, -0.1) is 0 Å². The Labute approximate surface area is 87.2 Å². The SMILES string of the molecule is OCCc1cccc2nc(Cl)ccc12. The molecule has 72 valence electrons. The van der Waals surface area contributed by atoms with E-state index < -0.39 is 0 Å². The van der Waals surface area contributed by atoms with Gasteiger partial charge in [0, 0.05) is 12.0 Å². The molecule has 1 N–H and O–H groups in total. The van der Waals surface area contributed by atoms with Crippen LogP contribution in [0.3, 0.4) is 0 Å². The lowest BCUT2D eigenvalue weighted by Crippen LogP contribution is -1.92. The van der Waals surface area contributed by atoms with Crippen molar-refractivity contribution >= 4 is 22.5 Å². The highest BCUT2D eigenvalue weighted by atomic mass is 35.5. The van der Waals surface area contributed by atoms with Crippen molar-refractivity contribution in [2.75, 3.05) is 6.61 Å². The van der Waals surface area contributed by atoms with Gasteiger partial charge in [-0.1, -0.05) is 23.7 Å². The smallest absolute Gasteiger partial charge is 0.129 e. The summed E-state index contributed by atoms with van der Waals surface area (Å²) in [7, 11) is 0. The molecule has 0 aliphatic heterocycles. The Morgan fingerprint density at radius 2 is 2.07 bits per heavy atom. The molecule has 0 atom stereocenters. The number of halogens is 1. The molecule has 3 heteroatoms. The van der Waals surface area contributed by atoms with Crippen molar-refractivity contribution in [3.8, 4) is 0 Å². The molecule has 1 aromatic carbocycles. The van der Waals surface area contributed by atoms with Gasteiger partial charge in [0.05, 0.1) is 5.52 Å². The predicted octanol–water partition coefficient (Wildman–Crippen LogP) is 2.42. The van der Waals surface area contributed by atoms with Crippen molar-refractivity contribution in [2.24, 2.45) is 0 Å². The van der Waals surface area contributed by atoms with Gasteiger partial charge in [0.15, 0.2) is 0 Å². The minimum atomic E-state index is 0.155. The lowest BCUT2D eigenvalue weighted by molar-refractivity contribution is 0.300. The summed E-state index contributed by atoms with van der Waals surface area (Å²) in [5, 5.41) is 10.4. The van der Waals surface area contributed by atoms with E-state index in [4.69, 9.17) is 16.7 Å². The molecule has 1 heterocycles. The standard InChI is InChI=1S/C11H10ClNO/c12-11-5-4-9-8(6-7-14)2-1-3-10(9)13-11/h1-5,14H,6-7H2. The van der Waals surface area contributed by atoms with Gasteiger partial charge in [-0.2, -0.15) is 0 Å². The summed E-state index contributed by atoms with van der Waals surface area (Å²) < 4.78 is 0. The molecule has 0 saturated heterocycles. The summed E-state index contributed by atoms with van der Waals surface area (Å²) in [6.07, 6.45) is 0.653. The fraction of sp³-hybridized carbons (Fsp3) is 0.182. The van der Waals surface area contributed by atoms with Crippen molar-refractivity contribution in [3.63, 3.8) is 0 Å². The average Bonchev–Trinajstić information content (AvgIpc) is 2.18. The van der Waals surface area contributed by atoms with Crippen LogP contribution in [0.4, 0.5) is 0 Å². The molecule has 2 nitrogen and oxygen atoms in total. The van der Waals surface area contributed by atoms with Crippen molar-refractivity contribution in [3.05, 3.63) is 41.0 Å². The molecule has 0 aliphatic rings. The van der Waals surface area contributed by atoms with E-state index in [1.165, 1.54) is 0 Å². The highest BCUT2D eigenvalue weighted by Crippen LogP contribution is 2.19. The molecule has 14 heavy (non-hydrogen) atoms.